The first kappa shape index (κ1) is 16.8. The van der Waals surface area contributed by atoms with Gasteiger partial charge in [-0.25, -0.2) is 9.80 Å². The number of hydrogen-bond donors (Lipinski definition) is 0. The second kappa shape index (κ2) is 6.56. The van der Waals surface area contributed by atoms with Gasteiger partial charge in [-0.1, -0.05) is 24.3 Å². The number of esters is 1. The van der Waals surface area contributed by atoms with E-state index in [-0.39, 0.29) is 24.3 Å². The number of nitro benzene ring substituents is 1. The van der Waals surface area contributed by atoms with E-state index in [0.717, 1.165) is 11.3 Å². The number of hydrogen-bond acceptors (Lipinski definition) is 7. The Bertz CT molecular complexity index is 968. The van der Waals surface area contributed by atoms with Gasteiger partial charge in [-0.15, -0.1) is 5.10 Å². The van der Waals surface area contributed by atoms with Crippen LogP contribution in [-0.2, 0) is 9.53 Å². The Hall–Kier alpha value is -3.68. The highest BCUT2D eigenvalue weighted by Gasteiger charge is 2.41. The molecule has 0 bridgehead atoms. The summed E-state index contributed by atoms with van der Waals surface area (Å²) in [7, 11) is 0. The van der Waals surface area contributed by atoms with Crippen molar-refractivity contribution in [2.75, 3.05) is 16.5 Å². The van der Waals surface area contributed by atoms with Gasteiger partial charge < -0.3 is 4.74 Å². The zero-order chi connectivity index (χ0) is 19.0. The summed E-state index contributed by atoms with van der Waals surface area (Å²) in [5.41, 5.74) is 2.45. The van der Waals surface area contributed by atoms with Crippen LogP contribution < -0.4 is 9.91 Å². The molecule has 4 rings (SSSR count). The van der Waals surface area contributed by atoms with Crippen LogP contribution >= 0.6 is 0 Å². The SMILES string of the molecule is CCOC(=O)C1=NN(c2ccc([N+](=O)[O-])cc2)C2C=Cc3ccccc3N12. The first-order valence-electron chi connectivity index (χ1n) is 8.46. The lowest BCUT2D eigenvalue weighted by Crippen LogP contribution is -2.45. The van der Waals surface area contributed by atoms with Gasteiger partial charge in [-0.3, -0.25) is 15.0 Å². The summed E-state index contributed by atoms with van der Waals surface area (Å²) in [6.07, 6.45) is 3.54. The van der Waals surface area contributed by atoms with Gasteiger partial charge in [-0.05, 0) is 36.8 Å². The normalized spacial score (nSPS) is 17.2. The quantitative estimate of drug-likeness (QED) is 0.470. The Balaban J connectivity index is 1.77. The van der Waals surface area contributed by atoms with E-state index >= 15 is 0 Å². The molecule has 2 aliphatic heterocycles. The minimum Gasteiger partial charge on any atom is -0.460 e. The first-order valence-corrected chi connectivity index (χ1v) is 8.46. The third-order valence-electron chi connectivity index (χ3n) is 4.37. The standard InChI is InChI=1S/C19H16N4O4/c1-2-27-19(24)18-20-22(14-8-10-15(11-9-14)23(25)26)17-12-7-13-5-3-4-6-16(13)21(17)18/h3-12,17H,2H2,1H3. The van der Waals surface area contributed by atoms with Gasteiger partial charge in [0.1, 0.15) is 6.17 Å². The molecule has 2 aromatic rings. The zero-order valence-corrected chi connectivity index (χ0v) is 14.5. The third kappa shape index (κ3) is 2.80. The van der Waals surface area contributed by atoms with Gasteiger partial charge in [0, 0.05) is 12.1 Å². The number of ether oxygens (including phenoxy) is 1. The topological polar surface area (TPSA) is 88.3 Å². The number of rotatable bonds is 4. The molecule has 1 unspecified atom stereocenters. The number of hydrazone groups is 1. The molecule has 0 spiro atoms. The number of amidine groups is 1. The molecule has 0 fully saturated rings. The number of nitrogens with zero attached hydrogens (tertiary/aromatic N) is 4. The van der Waals surface area contributed by atoms with E-state index in [2.05, 4.69) is 5.10 Å². The molecule has 0 aromatic heterocycles. The van der Waals surface area contributed by atoms with Crippen molar-refractivity contribution < 1.29 is 14.5 Å². The maximum Gasteiger partial charge on any atom is 0.376 e. The molecule has 2 heterocycles. The molecule has 27 heavy (non-hydrogen) atoms. The lowest BCUT2D eigenvalue weighted by Gasteiger charge is -2.32. The van der Waals surface area contributed by atoms with E-state index in [1.54, 1.807) is 24.1 Å². The first-order chi connectivity index (χ1) is 13.1. The Morgan fingerprint density at radius 3 is 2.67 bits per heavy atom. The lowest BCUT2D eigenvalue weighted by molar-refractivity contribution is -0.384. The van der Waals surface area contributed by atoms with Gasteiger partial charge in [0.25, 0.3) is 5.69 Å². The number of anilines is 2. The van der Waals surface area contributed by atoms with Crippen LogP contribution in [0.5, 0.6) is 0 Å². The van der Waals surface area contributed by atoms with Crippen LogP contribution in [0, 0.1) is 10.1 Å². The summed E-state index contributed by atoms with van der Waals surface area (Å²) in [6.45, 7) is 1.98. The smallest absolute Gasteiger partial charge is 0.376 e. The molecule has 2 aliphatic rings. The van der Waals surface area contributed by atoms with Crippen molar-refractivity contribution in [3.63, 3.8) is 0 Å². The second-order valence-corrected chi connectivity index (χ2v) is 5.96. The monoisotopic (exact) mass is 364 g/mol. The van der Waals surface area contributed by atoms with Gasteiger partial charge in [0.15, 0.2) is 0 Å². The second-order valence-electron chi connectivity index (χ2n) is 5.96. The van der Waals surface area contributed by atoms with Gasteiger partial charge in [-0.2, -0.15) is 0 Å². The molecule has 0 aliphatic carbocycles. The fourth-order valence-corrected chi connectivity index (χ4v) is 3.18. The summed E-state index contributed by atoms with van der Waals surface area (Å²) in [5.74, 6) is -0.339. The maximum absolute atomic E-state index is 12.5. The van der Waals surface area contributed by atoms with Crippen molar-refractivity contribution in [2.24, 2.45) is 5.10 Å². The number of carbonyl (C=O) groups excluding carboxylic acids is 1. The molecule has 2 aromatic carbocycles. The molecule has 0 N–H and O–H groups in total. The molecule has 1 atom stereocenters. The fourth-order valence-electron chi connectivity index (χ4n) is 3.18. The Morgan fingerprint density at radius 2 is 1.96 bits per heavy atom. The predicted octanol–water partition coefficient (Wildman–Crippen LogP) is 3.15. The molecular formula is C19H16N4O4. The molecular weight excluding hydrogens is 348 g/mol. The van der Waals surface area contributed by atoms with E-state index in [1.807, 2.05) is 41.3 Å². The van der Waals surface area contributed by atoms with Crippen molar-refractivity contribution >= 4 is 34.9 Å². The van der Waals surface area contributed by atoms with E-state index in [0.29, 0.717) is 5.69 Å². The largest absolute Gasteiger partial charge is 0.460 e. The summed E-state index contributed by atoms with van der Waals surface area (Å²) >= 11 is 0. The predicted molar refractivity (Wildman–Crippen MR) is 101 cm³/mol. The Labute approximate surface area is 155 Å². The molecule has 8 nitrogen and oxygen atoms in total. The van der Waals surface area contributed by atoms with E-state index in [1.165, 1.54) is 12.1 Å². The lowest BCUT2D eigenvalue weighted by atomic mass is 10.1. The van der Waals surface area contributed by atoms with Crippen LogP contribution in [0.25, 0.3) is 6.08 Å². The highest BCUT2D eigenvalue weighted by Crippen LogP contribution is 2.36. The average Bonchev–Trinajstić information content (AvgIpc) is 3.08. The molecule has 0 radical (unpaired) electrons. The van der Waals surface area contributed by atoms with Gasteiger partial charge in [0.2, 0.25) is 5.84 Å². The van der Waals surface area contributed by atoms with Crippen molar-refractivity contribution in [1.29, 1.82) is 0 Å². The fraction of sp³-hybridized carbons (Fsp3) is 0.158. The van der Waals surface area contributed by atoms with Crippen LogP contribution in [0.15, 0.2) is 59.7 Å². The summed E-state index contributed by atoms with van der Waals surface area (Å²) in [5, 5.41) is 17.0. The molecule has 0 saturated heterocycles. The number of non-ortho nitro benzene ring substituents is 1. The Kier molecular flexibility index (Phi) is 4.08. The third-order valence-corrected chi connectivity index (χ3v) is 4.37. The minimum absolute atomic E-state index is 0.00562. The van der Waals surface area contributed by atoms with Crippen LogP contribution in [0.3, 0.4) is 0 Å². The van der Waals surface area contributed by atoms with Crippen LogP contribution in [0.2, 0.25) is 0 Å². The minimum atomic E-state index is -0.517. The van der Waals surface area contributed by atoms with Crippen LogP contribution in [-0.4, -0.2) is 29.5 Å². The average molecular weight is 364 g/mol. The van der Waals surface area contributed by atoms with E-state index in [4.69, 9.17) is 4.74 Å². The zero-order valence-electron chi connectivity index (χ0n) is 14.5. The highest BCUT2D eigenvalue weighted by molar-refractivity contribution is 6.42. The van der Waals surface area contributed by atoms with Gasteiger partial charge in [0.05, 0.1) is 22.9 Å². The summed E-state index contributed by atoms with van der Waals surface area (Å²) in [6, 6.07) is 13.8. The number of carbonyl (C=O) groups is 1. The number of nitro groups is 1. The van der Waals surface area contributed by atoms with E-state index < -0.39 is 10.9 Å². The van der Waals surface area contributed by atoms with Crippen LogP contribution in [0.1, 0.15) is 12.5 Å². The Morgan fingerprint density at radius 1 is 1.22 bits per heavy atom. The van der Waals surface area contributed by atoms with Crippen LogP contribution in [0.4, 0.5) is 17.1 Å². The molecule has 0 saturated carbocycles. The van der Waals surface area contributed by atoms with Crippen molar-refractivity contribution in [3.05, 3.63) is 70.3 Å². The molecule has 136 valence electrons. The molecule has 8 heteroatoms. The summed E-state index contributed by atoms with van der Waals surface area (Å²) in [4.78, 5) is 24.8. The number of para-hydroxylation sites is 1. The van der Waals surface area contributed by atoms with E-state index in [9.17, 15) is 14.9 Å². The van der Waals surface area contributed by atoms with Crippen molar-refractivity contribution in [2.45, 2.75) is 13.1 Å². The highest BCUT2D eigenvalue weighted by atomic mass is 16.6. The maximum atomic E-state index is 12.5. The molecule has 0 amide bonds. The summed E-state index contributed by atoms with van der Waals surface area (Å²) < 4.78 is 5.17. The number of fused-ring (bicyclic) bond motifs is 3. The number of benzene rings is 2. The van der Waals surface area contributed by atoms with Crippen molar-refractivity contribution in [3.8, 4) is 0 Å². The van der Waals surface area contributed by atoms with Crippen molar-refractivity contribution in [1.82, 2.24) is 0 Å². The van der Waals surface area contributed by atoms with Gasteiger partial charge >= 0.3 is 5.97 Å².